The smallest absolute Gasteiger partial charge is 0.310 e. The average Bonchev–Trinajstić information content (AvgIpc) is 3.29. The minimum Gasteiger partial charge on any atom is -0.461 e. The van der Waals surface area contributed by atoms with Crippen LogP contribution in [0.3, 0.4) is 0 Å². The molecule has 1 aromatic carbocycles. The number of rotatable bonds is 5. The maximum absolute atomic E-state index is 12.2. The van der Waals surface area contributed by atoms with Crippen LogP contribution < -0.4 is 5.73 Å². The SMILES string of the molecule is C#C[C@]1(COC(=O)Cc2ccccc2)O[C@@H](n2ccc3c(N)nc(Cl)nc32)C[C@@H]1O. The third kappa shape index (κ3) is 3.71. The quantitative estimate of drug-likeness (QED) is 0.365. The Balaban J connectivity index is 1.50. The highest BCUT2D eigenvalue weighted by molar-refractivity contribution is 6.28. The van der Waals surface area contributed by atoms with Crippen LogP contribution in [0.5, 0.6) is 0 Å². The van der Waals surface area contributed by atoms with Gasteiger partial charge in [-0.2, -0.15) is 4.98 Å². The molecule has 30 heavy (non-hydrogen) atoms. The molecule has 2 aromatic heterocycles. The van der Waals surface area contributed by atoms with Crippen LogP contribution in [0.1, 0.15) is 18.2 Å². The number of halogens is 1. The fraction of sp³-hybridized carbons (Fsp3) is 0.286. The molecule has 0 bridgehead atoms. The maximum atomic E-state index is 12.2. The van der Waals surface area contributed by atoms with Gasteiger partial charge in [0.05, 0.1) is 11.8 Å². The third-order valence-electron chi connectivity index (χ3n) is 5.08. The number of nitrogens with zero attached hydrogens (tertiary/aromatic N) is 3. The fourth-order valence-corrected chi connectivity index (χ4v) is 3.66. The molecule has 8 nitrogen and oxygen atoms in total. The van der Waals surface area contributed by atoms with Gasteiger partial charge in [0, 0.05) is 12.6 Å². The average molecular weight is 427 g/mol. The van der Waals surface area contributed by atoms with Crippen molar-refractivity contribution in [3.05, 3.63) is 53.4 Å². The lowest BCUT2D eigenvalue weighted by Gasteiger charge is -2.26. The molecule has 1 saturated heterocycles. The van der Waals surface area contributed by atoms with Crippen LogP contribution in [0.15, 0.2) is 42.6 Å². The van der Waals surface area contributed by atoms with Crippen molar-refractivity contribution in [1.82, 2.24) is 14.5 Å². The number of aliphatic hydroxyl groups excluding tert-OH is 1. The summed E-state index contributed by atoms with van der Waals surface area (Å²) >= 11 is 5.93. The number of fused-ring (bicyclic) bond motifs is 1. The molecule has 3 heterocycles. The molecule has 3 aromatic rings. The van der Waals surface area contributed by atoms with E-state index in [1.165, 1.54) is 0 Å². The predicted octanol–water partition coefficient (Wildman–Crippen LogP) is 2.10. The molecule has 0 amide bonds. The zero-order valence-corrected chi connectivity index (χ0v) is 16.6. The predicted molar refractivity (Wildman–Crippen MR) is 110 cm³/mol. The number of benzene rings is 1. The van der Waals surface area contributed by atoms with Gasteiger partial charge in [0.1, 0.15) is 30.4 Å². The molecule has 0 aliphatic carbocycles. The number of anilines is 1. The Morgan fingerprint density at radius 3 is 2.90 bits per heavy atom. The van der Waals surface area contributed by atoms with Crippen LogP contribution in [0.25, 0.3) is 11.0 Å². The first kappa shape index (κ1) is 20.2. The molecule has 3 atom stereocenters. The van der Waals surface area contributed by atoms with Crippen molar-refractivity contribution in [1.29, 1.82) is 0 Å². The van der Waals surface area contributed by atoms with E-state index in [2.05, 4.69) is 15.9 Å². The van der Waals surface area contributed by atoms with Crippen LogP contribution in [-0.2, 0) is 20.7 Å². The molecule has 9 heteroatoms. The Labute approximate surface area is 177 Å². The van der Waals surface area contributed by atoms with E-state index in [-0.39, 0.29) is 30.5 Å². The van der Waals surface area contributed by atoms with Gasteiger partial charge >= 0.3 is 5.97 Å². The lowest BCUT2D eigenvalue weighted by Crippen LogP contribution is -2.43. The van der Waals surface area contributed by atoms with E-state index in [0.717, 1.165) is 5.56 Å². The van der Waals surface area contributed by atoms with Gasteiger partial charge in [-0.15, -0.1) is 6.42 Å². The van der Waals surface area contributed by atoms with Crippen LogP contribution in [0.4, 0.5) is 5.82 Å². The lowest BCUT2D eigenvalue weighted by molar-refractivity contribution is -0.155. The van der Waals surface area contributed by atoms with Crippen LogP contribution in [-0.4, -0.2) is 43.9 Å². The van der Waals surface area contributed by atoms with Crippen molar-refractivity contribution in [2.24, 2.45) is 0 Å². The maximum Gasteiger partial charge on any atom is 0.310 e. The van der Waals surface area contributed by atoms with E-state index in [1.807, 2.05) is 30.3 Å². The van der Waals surface area contributed by atoms with Crippen molar-refractivity contribution in [2.45, 2.75) is 30.8 Å². The van der Waals surface area contributed by atoms with Crippen molar-refractivity contribution in [3.8, 4) is 12.3 Å². The molecule has 0 radical (unpaired) electrons. The number of aromatic nitrogens is 3. The summed E-state index contributed by atoms with van der Waals surface area (Å²) in [5.74, 6) is 2.24. The van der Waals surface area contributed by atoms with Crippen LogP contribution in [0.2, 0.25) is 5.28 Å². The summed E-state index contributed by atoms with van der Waals surface area (Å²) in [5, 5.41) is 11.2. The summed E-state index contributed by atoms with van der Waals surface area (Å²) in [4.78, 5) is 20.3. The fourth-order valence-electron chi connectivity index (χ4n) is 3.49. The van der Waals surface area contributed by atoms with Crippen molar-refractivity contribution >= 4 is 34.4 Å². The van der Waals surface area contributed by atoms with Gasteiger partial charge in [-0.05, 0) is 23.2 Å². The summed E-state index contributed by atoms with van der Waals surface area (Å²) in [6, 6.07) is 10.9. The Morgan fingerprint density at radius 2 is 2.17 bits per heavy atom. The molecule has 1 aliphatic rings. The van der Waals surface area contributed by atoms with E-state index in [9.17, 15) is 9.90 Å². The molecule has 0 unspecified atom stereocenters. The van der Waals surface area contributed by atoms with E-state index in [4.69, 9.17) is 33.2 Å². The molecule has 0 spiro atoms. The van der Waals surface area contributed by atoms with Gasteiger partial charge in [0.25, 0.3) is 0 Å². The van der Waals surface area contributed by atoms with Crippen molar-refractivity contribution in [2.75, 3.05) is 12.3 Å². The first-order valence-corrected chi connectivity index (χ1v) is 9.62. The van der Waals surface area contributed by atoms with Crippen LogP contribution >= 0.6 is 11.6 Å². The number of nitrogen functional groups attached to an aromatic ring is 1. The van der Waals surface area contributed by atoms with E-state index < -0.39 is 23.9 Å². The summed E-state index contributed by atoms with van der Waals surface area (Å²) < 4.78 is 13.0. The Kier molecular flexibility index (Phi) is 5.35. The Bertz CT molecular complexity index is 1130. The van der Waals surface area contributed by atoms with Gasteiger partial charge in [0.2, 0.25) is 5.28 Å². The number of carbonyl (C=O) groups is 1. The van der Waals surface area contributed by atoms with Crippen molar-refractivity contribution in [3.63, 3.8) is 0 Å². The molecule has 154 valence electrons. The number of nitrogens with two attached hydrogens (primary N) is 1. The minimum atomic E-state index is -1.48. The summed E-state index contributed by atoms with van der Waals surface area (Å²) in [6.07, 6.45) is 5.95. The van der Waals surface area contributed by atoms with Gasteiger partial charge < -0.3 is 24.9 Å². The normalized spacial score (nSPS) is 23.4. The highest BCUT2D eigenvalue weighted by atomic mass is 35.5. The summed E-state index contributed by atoms with van der Waals surface area (Å²) in [5.41, 5.74) is 5.69. The van der Waals surface area contributed by atoms with Crippen molar-refractivity contribution < 1.29 is 19.4 Å². The first-order chi connectivity index (χ1) is 14.4. The first-order valence-electron chi connectivity index (χ1n) is 9.24. The number of carbonyl (C=O) groups excluding carboxylic acids is 1. The third-order valence-corrected chi connectivity index (χ3v) is 5.25. The molecule has 1 fully saturated rings. The number of ether oxygens (including phenoxy) is 2. The highest BCUT2D eigenvalue weighted by Crippen LogP contribution is 2.39. The minimum absolute atomic E-state index is 0.00319. The second kappa shape index (κ2) is 7.95. The second-order valence-corrected chi connectivity index (χ2v) is 7.36. The molecule has 3 N–H and O–H groups in total. The van der Waals surface area contributed by atoms with E-state index in [1.54, 1.807) is 16.8 Å². The number of aliphatic hydroxyl groups is 1. The largest absolute Gasteiger partial charge is 0.461 e. The Hall–Kier alpha value is -3.12. The standard InChI is InChI=1S/C21H19ClN4O4/c1-2-21(12-29-17(28)10-13-6-4-3-5-7-13)15(27)11-16(30-21)26-9-8-14-18(23)24-20(22)25-19(14)26/h1,3-9,15-16,27H,10-12H2,(H2,23,24,25)/t15-,16+,21+/m0/s1. The number of hydrogen-bond acceptors (Lipinski definition) is 7. The zero-order chi connectivity index (χ0) is 21.3. The second-order valence-electron chi connectivity index (χ2n) is 7.02. The van der Waals surface area contributed by atoms with E-state index >= 15 is 0 Å². The van der Waals surface area contributed by atoms with E-state index in [0.29, 0.717) is 11.0 Å². The van der Waals surface area contributed by atoms with Gasteiger partial charge in [-0.25, -0.2) is 4.98 Å². The highest BCUT2D eigenvalue weighted by Gasteiger charge is 2.49. The topological polar surface area (TPSA) is 112 Å². The van der Waals surface area contributed by atoms with Gasteiger partial charge in [-0.1, -0.05) is 36.3 Å². The number of hydrogen-bond donors (Lipinski definition) is 2. The number of terminal acetylenes is 1. The molecular formula is C21H19ClN4O4. The molecule has 4 rings (SSSR count). The molecule has 0 saturated carbocycles. The monoisotopic (exact) mass is 426 g/mol. The lowest BCUT2D eigenvalue weighted by atomic mass is 9.99. The molecular weight excluding hydrogens is 408 g/mol. The van der Waals surface area contributed by atoms with Gasteiger partial charge in [-0.3, -0.25) is 4.79 Å². The Morgan fingerprint density at radius 1 is 1.40 bits per heavy atom. The van der Waals surface area contributed by atoms with Crippen LogP contribution in [0, 0.1) is 12.3 Å². The zero-order valence-electron chi connectivity index (χ0n) is 15.9. The molecule has 1 aliphatic heterocycles. The number of esters is 1. The summed E-state index contributed by atoms with van der Waals surface area (Å²) in [7, 11) is 0. The summed E-state index contributed by atoms with van der Waals surface area (Å²) in [6.45, 7) is -0.274. The van der Waals surface area contributed by atoms with Gasteiger partial charge in [0.15, 0.2) is 5.60 Å².